The van der Waals surface area contributed by atoms with E-state index in [0.29, 0.717) is 0 Å². The van der Waals surface area contributed by atoms with Crippen molar-refractivity contribution in [3.8, 4) is 0 Å². The van der Waals surface area contributed by atoms with Crippen LogP contribution in [0, 0.1) is 10.8 Å². The summed E-state index contributed by atoms with van der Waals surface area (Å²) in [5.74, 6) is 0.173. The topological polar surface area (TPSA) is 30.0 Å². The summed E-state index contributed by atoms with van der Waals surface area (Å²) in [6.07, 6.45) is 9.72. The van der Waals surface area contributed by atoms with Crippen LogP contribution in [0.25, 0.3) is 6.08 Å². The number of nitrogens with zero attached hydrogens (tertiary/aromatic N) is 1. The summed E-state index contributed by atoms with van der Waals surface area (Å²) in [7, 11) is 0. The van der Waals surface area contributed by atoms with Gasteiger partial charge in [-0.1, -0.05) is 41.5 Å². The Morgan fingerprint density at radius 1 is 0.864 bits per heavy atom. The van der Waals surface area contributed by atoms with E-state index >= 15 is 0 Å². The summed E-state index contributed by atoms with van der Waals surface area (Å²) in [5, 5.41) is 0. The van der Waals surface area contributed by atoms with Gasteiger partial charge in [0.2, 0.25) is 0 Å². The third kappa shape index (κ3) is 3.62. The Morgan fingerprint density at radius 3 is 1.73 bits per heavy atom. The second kappa shape index (κ2) is 5.68. The average molecular weight is 295 g/mol. The van der Waals surface area contributed by atoms with Gasteiger partial charge >= 0.3 is 0 Å². The number of hydrogen-bond donors (Lipinski definition) is 0. The molecule has 116 valence electrons. The Kier molecular flexibility index (Phi) is 4.23. The highest BCUT2D eigenvalue weighted by molar-refractivity contribution is 6.12. The van der Waals surface area contributed by atoms with Crippen LogP contribution >= 0.6 is 0 Å². The van der Waals surface area contributed by atoms with E-state index in [9.17, 15) is 4.79 Å². The largest absolute Gasteiger partial charge is 0.289 e. The minimum Gasteiger partial charge on any atom is -0.289 e. The quantitative estimate of drug-likeness (QED) is 0.730. The normalized spacial score (nSPS) is 16.3. The number of rotatable bonds is 1. The zero-order valence-corrected chi connectivity index (χ0v) is 14.4. The fourth-order valence-electron chi connectivity index (χ4n) is 2.50. The highest BCUT2D eigenvalue weighted by Crippen LogP contribution is 2.39. The first-order valence-corrected chi connectivity index (χ1v) is 7.70. The number of ketones is 1. The predicted octanol–water partition coefficient (Wildman–Crippen LogP) is 4.99. The molecule has 0 amide bonds. The van der Waals surface area contributed by atoms with E-state index in [4.69, 9.17) is 0 Å². The maximum atomic E-state index is 12.8. The van der Waals surface area contributed by atoms with E-state index in [1.54, 1.807) is 12.4 Å². The Labute approximate surface area is 133 Å². The third-order valence-corrected chi connectivity index (χ3v) is 3.77. The molecule has 0 N–H and O–H groups in total. The first kappa shape index (κ1) is 16.4. The number of pyridine rings is 1. The summed E-state index contributed by atoms with van der Waals surface area (Å²) in [4.78, 5) is 16.9. The van der Waals surface area contributed by atoms with Gasteiger partial charge in [0.25, 0.3) is 0 Å². The van der Waals surface area contributed by atoms with Gasteiger partial charge in [-0.05, 0) is 52.3 Å². The summed E-state index contributed by atoms with van der Waals surface area (Å²) in [6.45, 7) is 12.5. The molecule has 2 nitrogen and oxygen atoms in total. The Bertz CT molecular complexity index is 626. The van der Waals surface area contributed by atoms with Gasteiger partial charge in [-0.2, -0.15) is 0 Å². The minimum atomic E-state index is -0.167. The van der Waals surface area contributed by atoms with Crippen molar-refractivity contribution in [3.05, 3.63) is 59.0 Å². The van der Waals surface area contributed by atoms with E-state index in [1.165, 1.54) is 0 Å². The fraction of sp³-hybridized carbons (Fsp3) is 0.400. The lowest BCUT2D eigenvalue weighted by Gasteiger charge is -2.31. The van der Waals surface area contributed by atoms with Crippen molar-refractivity contribution >= 4 is 11.9 Å². The molecule has 1 aliphatic carbocycles. The van der Waals surface area contributed by atoms with Crippen molar-refractivity contribution in [1.82, 2.24) is 4.98 Å². The molecule has 0 saturated heterocycles. The van der Waals surface area contributed by atoms with Gasteiger partial charge in [0.1, 0.15) is 0 Å². The minimum absolute atomic E-state index is 0.167. The highest BCUT2D eigenvalue weighted by Gasteiger charge is 2.33. The Hall–Kier alpha value is -1.96. The van der Waals surface area contributed by atoms with Crippen LogP contribution < -0.4 is 0 Å². The molecule has 0 radical (unpaired) electrons. The molecule has 1 heterocycles. The van der Waals surface area contributed by atoms with Crippen molar-refractivity contribution in [2.24, 2.45) is 10.8 Å². The number of hydrogen-bond acceptors (Lipinski definition) is 2. The molecule has 1 aromatic heterocycles. The molecule has 1 aliphatic rings. The van der Waals surface area contributed by atoms with Crippen LogP contribution in [0.5, 0.6) is 0 Å². The molecule has 2 rings (SSSR count). The standard InChI is InChI=1S/C20H25NO/c1-19(2,3)16-12-15(11-14-7-9-21-10-8-14)13-17(18(16)22)20(4,5)6/h7-13H,1-6H3. The van der Waals surface area contributed by atoms with Gasteiger partial charge in [-0.25, -0.2) is 0 Å². The van der Waals surface area contributed by atoms with Crippen LogP contribution in [-0.4, -0.2) is 10.8 Å². The first-order valence-electron chi connectivity index (χ1n) is 7.70. The summed E-state index contributed by atoms with van der Waals surface area (Å²) < 4.78 is 0. The second-order valence-electron chi connectivity index (χ2n) is 7.87. The Balaban J connectivity index is 2.56. The molecule has 0 aliphatic heterocycles. The molecule has 0 unspecified atom stereocenters. The van der Waals surface area contributed by atoms with Crippen molar-refractivity contribution in [2.45, 2.75) is 41.5 Å². The monoisotopic (exact) mass is 295 g/mol. The zero-order chi connectivity index (χ0) is 16.5. The lowest BCUT2D eigenvalue weighted by Crippen LogP contribution is -2.27. The first-order chi connectivity index (χ1) is 10.1. The number of aromatic nitrogens is 1. The molecule has 0 bridgehead atoms. The van der Waals surface area contributed by atoms with Crippen LogP contribution in [-0.2, 0) is 4.79 Å². The lowest BCUT2D eigenvalue weighted by molar-refractivity contribution is -0.114. The predicted molar refractivity (Wildman–Crippen MR) is 92.3 cm³/mol. The van der Waals surface area contributed by atoms with Gasteiger partial charge in [-0.3, -0.25) is 9.78 Å². The zero-order valence-electron chi connectivity index (χ0n) is 14.4. The van der Waals surface area contributed by atoms with Crippen molar-refractivity contribution < 1.29 is 4.79 Å². The van der Waals surface area contributed by atoms with Gasteiger partial charge in [0.05, 0.1) is 0 Å². The molecule has 0 atom stereocenters. The van der Waals surface area contributed by atoms with Crippen LogP contribution in [0.4, 0.5) is 0 Å². The Morgan fingerprint density at radius 2 is 1.32 bits per heavy atom. The molecule has 0 spiro atoms. The van der Waals surface area contributed by atoms with Crippen LogP contribution in [0.2, 0.25) is 0 Å². The van der Waals surface area contributed by atoms with E-state index in [0.717, 1.165) is 22.3 Å². The van der Waals surface area contributed by atoms with E-state index in [-0.39, 0.29) is 16.6 Å². The number of carbonyl (C=O) groups excluding carboxylic acids is 1. The number of Topliss-reactive ketones (excluding diaryl/α,β-unsaturated/α-hetero) is 1. The van der Waals surface area contributed by atoms with Gasteiger partial charge in [0.15, 0.2) is 5.78 Å². The third-order valence-electron chi connectivity index (χ3n) is 3.77. The molecular formula is C20H25NO. The van der Waals surface area contributed by atoms with Crippen molar-refractivity contribution in [1.29, 1.82) is 0 Å². The number of carbonyl (C=O) groups is 1. The fourth-order valence-corrected chi connectivity index (χ4v) is 2.50. The van der Waals surface area contributed by atoms with E-state index in [2.05, 4.69) is 52.6 Å². The molecule has 2 heteroatoms. The van der Waals surface area contributed by atoms with Crippen molar-refractivity contribution in [2.75, 3.05) is 0 Å². The van der Waals surface area contributed by atoms with Gasteiger partial charge in [-0.15, -0.1) is 0 Å². The highest BCUT2D eigenvalue weighted by atomic mass is 16.1. The van der Waals surface area contributed by atoms with Crippen molar-refractivity contribution in [3.63, 3.8) is 0 Å². The van der Waals surface area contributed by atoms with Gasteiger partial charge < -0.3 is 0 Å². The maximum Gasteiger partial charge on any atom is 0.186 e. The lowest BCUT2D eigenvalue weighted by atomic mass is 9.72. The second-order valence-corrected chi connectivity index (χ2v) is 7.87. The van der Waals surface area contributed by atoms with E-state index in [1.807, 2.05) is 24.3 Å². The molecule has 0 saturated carbocycles. The van der Waals surface area contributed by atoms with Crippen LogP contribution in [0.3, 0.4) is 0 Å². The molecular weight excluding hydrogens is 270 g/mol. The smallest absolute Gasteiger partial charge is 0.186 e. The SMILES string of the molecule is CC(C)(C)C1=CC(=Cc2ccncc2)C=C(C(C)(C)C)C1=O. The molecule has 1 aromatic rings. The molecule has 22 heavy (non-hydrogen) atoms. The van der Waals surface area contributed by atoms with Crippen LogP contribution in [0.15, 0.2) is 53.4 Å². The average Bonchev–Trinajstić information content (AvgIpc) is 2.39. The molecule has 0 aromatic carbocycles. The summed E-state index contributed by atoms with van der Waals surface area (Å²) in [6, 6.07) is 3.94. The maximum absolute atomic E-state index is 12.8. The van der Waals surface area contributed by atoms with Crippen LogP contribution in [0.1, 0.15) is 47.1 Å². The molecule has 0 fully saturated rings. The summed E-state index contributed by atoms with van der Waals surface area (Å²) in [5.41, 5.74) is 3.58. The van der Waals surface area contributed by atoms with E-state index < -0.39 is 0 Å². The summed E-state index contributed by atoms with van der Waals surface area (Å²) >= 11 is 0. The van der Waals surface area contributed by atoms with Gasteiger partial charge in [0, 0.05) is 23.5 Å². The number of allylic oxidation sites excluding steroid dienone is 5.